The summed E-state index contributed by atoms with van der Waals surface area (Å²) < 4.78 is 4.68. The van der Waals surface area contributed by atoms with E-state index in [-0.39, 0.29) is 0 Å². The molecule has 84 valence electrons. The zero-order chi connectivity index (χ0) is 10.5. The number of hydrogen-bond donors (Lipinski definition) is 1. The lowest BCUT2D eigenvalue weighted by Gasteiger charge is -2.30. The molecule has 2 rings (SSSR count). The number of rotatable bonds is 4. The topological polar surface area (TPSA) is 54.2 Å². The fourth-order valence-corrected chi connectivity index (χ4v) is 2.02. The van der Waals surface area contributed by atoms with E-state index in [1.54, 1.807) is 0 Å². The van der Waals surface area contributed by atoms with Gasteiger partial charge in [-0.3, -0.25) is 0 Å². The van der Waals surface area contributed by atoms with E-state index < -0.39 is 0 Å². The average molecular weight is 210 g/mol. The van der Waals surface area contributed by atoms with Gasteiger partial charge in [-0.15, -0.1) is 0 Å². The number of nitrogens with one attached hydrogen (secondary N) is 1. The van der Waals surface area contributed by atoms with Crippen molar-refractivity contribution in [3.05, 3.63) is 12.2 Å². The van der Waals surface area contributed by atoms with Crippen LogP contribution in [0.15, 0.2) is 10.9 Å². The van der Waals surface area contributed by atoms with Crippen molar-refractivity contribution in [2.45, 2.75) is 25.3 Å². The van der Waals surface area contributed by atoms with Crippen LogP contribution in [0.25, 0.3) is 0 Å². The van der Waals surface area contributed by atoms with Crippen LogP contribution in [0, 0.1) is 0 Å². The SMILES string of the molecule is CN1CCCC(NCCc2ncon2)C1. The van der Waals surface area contributed by atoms with Gasteiger partial charge < -0.3 is 14.7 Å². The van der Waals surface area contributed by atoms with Crippen molar-refractivity contribution in [2.75, 3.05) is 26.7 Å². The van der Waals surface area contributed by atoms with Crippen molar-refractivity contribution in [1.29, 1.82) is 0 Å². The average Bonchev–Trinajstić information content (AvgIpc) is 2.71. The molecule has 5 heteroatoms. The largest absolute Gasteiger partial charge is 0.343 e. The fraction of sp³-hybridized carbons (Fsp3) is 0.800. The van der Waals surface area contributed by atoms with E-state index in [0.717, 1.165) is 25.3 Å². The summed E-state index contributed by atoms with van der Waals surface area (Å²) >= 11 is 0. The molecule has 0 spiro atoms. The lowest BCUT2D eigenvalue weighted by molar-refractivity contribution is 0.228. The minimum Gasteiger partial charge on any atom is -0.343 e. The molecule has 0 saturated carbocycles. The molecule has 2 heterocycles. The van der Waals surface area contributed by atoms with Gasteiger partial charge in [0, 0.05) is 25.6 Å². The van der Waals surface area contributed by atoms with Gasteiger partial charge in [-0.25, -0.2) is 0 Å². The van der Waals surface area contributed by atoms with Crippen LogP contribution in [-0.4, -0.2) is 47.8 Å². The standard InChI is InChI=1S/C10H18N4O/c1-14-6-2-3-9(7-14)11-5-4-10-12-8-15-13-10/h8-9,11H,2-7H2,1H3. The zero-order valence-corrected chi connectivity index (χ0v) is 9.15. The lowest BCUT2D eigenvalue weighted by Crippen LogP contribution is -2.44. The Morgan fingerprint density at radius 2 is 2.60 bits per heavy atom. The fourth-order valence-electron chi connectivity index (χ4n) is 2.02. The Hall–Kier alpha value is -0.940. The number of aromatic nitrogens is 2. The molecule has 1 aliphatic heterocycles. The summed E-state index contributed by atoms with van der Waals surface area (Å²) in [6.45, 7) is 3.30. The molecular formula is C10H18N4O. The molecule has 0 aliphatic carbocycles. The van der Waals surface area contributed by atoms with Crippen LogP contribution >= 0.6 is 0 Å². The van der Waals surface area contributed by atoms with Crippen molar-refractivity contribution in [1.82, 2.24) is 20.4 Å². The molecule has 0 amide bonds. The summed E-state index contributed by atoms with van der Waals surface area (Å²) in [7, 11) is 2.17. The van der Waals surface area contributed by atoms with Gasteiger partial charge >= 0.3 is 0 Å². The summed E-state index contributed by atoms with van der Waals surface area (Å²) in [5.74, 6) is 0.784. The highest BCUT2D eigenvalue weighted by molar-refractivity contribution is 4.81. The van der Waals surface area contributed by atoms with Crippen LogP contribution in [0.2, 0.25) is 0 Å². The molecule has 1 saturated heterocycles. The third-order valence-corrected chi connectivity index (χ3v) is 2.81. The Labute approximate surface area is 89.8 Å². The second-order valence-electron chi connectivity index (χ2n) is 4.15. The summed E-state index contributed by atoms with van der Waals surface area (Å²) in [4.78, 5) is 6.36. The number of likely N-dealkylation sites (tertiary alicyclic amines) is 1. The number of piperidine rings is 1. The van der Waals surface area contributed by atoms with Crippen molar-refractivity contribution < 1.29 is 4.52 Å². The highest BCUT2D eigenvalue weighted by Gasteiger charge is 2.16. The molecule has 15 heavy (non-hydrogen) atoms. The minimum atomic E-state index is 0.621. The van der Waals surface area contributed by atoms with Crippen molar-refractivity contribution in [2.24, 2.45) is 0 Å². The molecular weight excluding hydrogens is 192 g/mol. The van der Waals surface area contributed by atoms with Crippen LogP contribution in [0.1, 0.15) is 18.7 Å². The first-order valence-corrected chi connectivity index (χ1v) is 5.52. The predicted molar refractivity (Wildman–Crippen MR) is 56.5 cm³/mol. The van der Waals surface area contributed by atoms with Crippen LogP contribution in [0.4, 0.5) is 0 Å². The zero-order valence-electron chi connectivity index (χ0n) is 9.15. The van der Waals surface area contributed by atoms with E-state index in [4.69, 9.17) is 0 Å². The van der Waals surface area contributed by atoms with E-state index in [9.17, 15) is 0 Å². The Bertz CT molecular complexity index is 275. The highest BCUT2D eigenvalue weighted by Crippen LogP contribution is 2.07. The first-order valence-electron chi connectivity index (χ1n) is 5.52. The van der Waals surface area contributed by atoms with E-state index in [0.29, 0.717) is 6.04 Å². The number of likely N-dealkylation sites (N-methyl/N-ethyl adjacent to an activating group) is 1. The molecule has 1 aromatic rings. The highest BCUT2D eigenvalue weighted by atomic mass is 16.5. The lowest BCUT2D eigenvalue weighted by atomic mass is 10.1. The van der Waals surface area contributed by atoms with E-state index >= 15 is 0 Å². The quantitative estimate of drug-likeness (QED) is 0.774. The van der Waals surface area contributed by atoms with Crippen LogP contribution in [0.5, 0.6) is 0 Å². The second-order valence-corrected chi connectivity index (χ2v) is 4.15. The van der Waals surface area contributed by atoms with Crippen molar-refractivity contribution in [3.8, 4) is 0 Å². The summed E-state index contributed by atoms with van der Waals surface area (Å²) in [6.07, 6.45) is 4.79. The molecule has 1 atom stereocenters. The monoisotopic (exact) mass is 210 g/mol. The normalized spacial score (nSPS) is 23.1. The van der Waals surface area contributed by atoms with Crippen LogP contribution in [-0.2, 0) is 6.42 Å². The summed E-state index contributed by atoms with van der Waals surface area (Å²) in [5.41, 5.74) is 0. The van der Waals surface area contributed by atoms with E-state index in [1.165, 1.54) is 25.8 Å². The van der Waals surface area contributed by atoms with Crippen LogP contribution < -0.4 is 5.32 Å². The van der Waals surface area contributed by atoms with E-state index in [2.05, 4.69) is 31.9 Å². The van der Waals surface area contributed by atoms with Gasteiger partial charge in [0.05, 0.1) is 0 Å². The van der Waals surface area contributed by atoms with Gasteiger partial charge in [0.25, 0.3) is 0 Å². The number of nitrogens with zero attached hydrogens (tertiary/aromatic N) is 3. The van der Waals surface area contributed by atoms with Crippen molar-refractivity contribution >= 4 is 0 Å². The molecule has 1 aliphatic rings. The molecule has 1 N–H and O–H groups in total. The Balaban J connectivity index is 1.65. The van der Waals surface area contributed by atoms with Gasteiger partial charge in [-0.05, 0) is 26.4 Å². The molecule has 0 radical (unpaired) electrons. The van der Waals surface area contributed by atoms with Gasteiger partial charge in [0.2, 0.25) is 6.39 Å². The van der Waals surface area contributed by atoms with Gasteiger partial charge in [-0.1, -0.05) is 5.16 Å². The first-order chi connectivity index (χ1) is 7.34. The van der Waals surface area contributed by atoms with E-state index in [1.807, 2.05) is 0 Å². The third-order valence-electron chi connectivity index (χ3n) is 2.81. The molecule has 0 aromatic carbocycles. The maximum Gasteiger partial charge on any atom is 0.213 e. The molecule has 1 fully saturated rings. The van der Waals surface area contributed by atoms with Crippen molar-refractivity contribution in [3.63, 3.8) is 0 Å². The third kappa shape index (κ3) is 3.28. The first kappa shape index (κ1) is 10.6. The van der Waals surface area contributed by atoms with Gasteiger partial charge in [0.15, 0.2) is 5.82 Å². The van der Waals surface area contributed by atoms with Gasteiger partial charge in [0.1, 0.15) is 0 Å². The minimum absolute atomic E-state index is 0.621. The number of hydrogen-bond acceptors (Lipinski definition) is 5. The Kier molecular flexibility index (Phi) is 3.69. The summed E-state index contributed by atoms with van der Waals surface area (Å²) in [5, 5.41) is 7.30. The predicted octanol–water partition coefficient (Wildman–Crippen LogP) is 0.296. The maximum atomic E-state index is 4.68. The Morgan fingerprint density at radius 3 is 3.33 bits per heavy atom. The molecule has 1 unspecified atom stereocenters. The molecule has 1 aromatic heterocycles. The second kappa shape index (κ2) is 5.23. The van der Waals surface area contributed by atoms with Gasteiger partial charge in [-0.2, -0.15) is 4.98 Å². The maximum absolute atomic E-state index is 4.68. The smallest absolute Gasteiger partial charge is 0.213 e. The van der Waals surface area contributed by atoms with Crippen LogP contribution in [0.3, 0.4) is 0 Å². The summed E-state index contributed by atoms with van der Waals surface area (Å²) in [6, 6.07) is 0.621. The molecule has 5 nitrogen and oxygen atoms in total. The Morgan fingerprint density at radius 1 is 1.67 bits per heavy atom. The molecule has 0 bridgehead atoms.